The minimum atomic E-state index is -1.61. The standard InChI is InChI=1S/C39H47N4O7P/c1-28(2)43(29(3)4)51(48-24-10-21-40)50-36-35-37(42-23-22-41-27-42)49-38(36,25-46-35)26-47-39(30-11-8-7-9-12-30,31-13-17-33(44-5)18-14-31)32-15-19-34(45-6)20-16-32/h7-9,11-20,22-23,27-29,35-37H,10,24-26H2,1-6H3/t35-,36+,37-,38-,51?/m1/s1. The van der Waals surface area contributed by atoms with E-state index in [9.17, 15) is 5.26 Å². The first-order chi connectivity index (χ1) is 24.8. The van der Waals surface area contributed by atoms with Gasteiger partial charge in [0.2, 0.25) is 0 Å². The van der Waals surface area contributed by atoms with Crippen LogP contribution in [0.4, 0.5) is 0 Å². The van der Waals surface area contributed by atoms with Gasteiger partial charge >= 0.3 is 0 Å². The van der Waals surface area contributed by atoms with Gasteiger partial charge in [-0.05, 0) is 68.7 Å². The lowest BCUT2D eigenvalue weighted by Crippen LogP contribution is -2.49. The number of hydrogen-bond acceptors (Lipinski definition) is 10. The van der Waals surface area contributed by atoms with Crippen molar-refractivity contribution in [3.63, 3.8) is 0 Å². The van der Waals surface area contributed by atoms with Crippen LogP contribution in [0.1, 0.15) is 57.0 Å². The molecule has 2 fully saturated rings. The molecule has 12 heteroatoms. The van der Waals surface area contributed by atoms with Crippen LogP contribution in [0.5, 0.6) is 11.5 Å². The van der Waals surface area contributed by atoms with E-state index in [-0.39, 0.29) is 38.3 Å². The van der Waals surface area contributed by atoms with Crippen molar-refractivity contribution < 1.29 is 32.7 Å². The van der Waals surface area contributed by atoms with Gasteiger partial charge in [0.1, 0.15) is 34.9 Å². The maximum absolute atomic E-state index is 9.33. The Hall–Kier alpha value is -3.85. The molecular formula is C39H47N4O7P. The molecule has 1 unspecified atom stereocenters. The summed E-state index contributed by atoms with van der Waals surface area (Å²) in [7, 11) is 1.69. The molecule has 2 aliphatic rings. The summed E-state index contributed by atoms with van der Waals surface area (Å²) in [6.45, 7) is 9.08. The summed E-state index contributed by atoms with van der Waals surface area (Å²) in [5.74, 6) is 1.47. The molecule has 2 bridgehead atoms. The van der Waals surface area contributed by atoms with Gasteiger partial charge in [-0.25, -0.2) is 9.65 Å². The molecule has 0 amide bonds. The number of methoxy groups -OCH3 is 2. The second-order valence-corrected chi connectivity index (χ2v) is 14.6. The molecule has 11 nitrogen and oxygen atoms in total. The van der Waals surface area contributed by atoms with Gasteiger partial charge in [-0.3, -0.25) is 0 Å². The summed E-state index contributed by atoms with van der Waals surface area (Å²) in [5.41, 5.74) is 0.629. The van der Waals surface area contributed by atoms with E-state index in [1.807, 2.05) is 77.5 Å². The molecule has 0 radical (unpaired) electrons. The van der Waals surface area contributed by atoms with Crippen LogP contribution in [0.25, 0.3) is 0 Å². The maximum Gasteiger partial charge on any atom is 0.259 e. The lowest BCUT2D eigenvalue weighted by atomic mass is 9.79. The number of aromatic nitrogens is 2. The normalized spacial score (nSPS) is 22.1. The minimum Gasteiger partial charge on any atom is -0.497 e. The molecule has 270 valence electrons. The smallest absolute Gasteiger partial charge is 0.259 e. The molecule has 4 aromatic rings. The molecule has 0 aliphatic carbocycles. The van der Waals surface area contributed by atoms with Gasteiger partial charge < -0.3 is 37.3 Å². The Morgan fingerprint density at radius 3 is 2.08 bits per heavy atom. The number of nitriles is 1. The molecule has 0 saturated carbocycles. The lowest BCUT2D eigenvalue weighted by Gasteiger charge is -2.41. The number of imidazole rings is 1. The van der Waals surface area contributed by atoms with E-state index < -0.39 is 38.2 Å². The zero-order valence-electron chi connectivity index (χ0n) is 30.0. The molecule has 6 rings (SSSR count). The average molecular weight is 715 g/mol. The number of hydrogen-bond donors (Lipinski definition) is 0. The van der Waals surface area contributed by atoms with Gasteiger partial charge in [0.15, 0.2) is 6.23 Å². The molecule has 5 atom stereocenters. The van der Waals surface area contributed by atoms with E-state index in [1.54, 1.807) is 26.7 Å². The van der Waals surface area contributed by atoms with Crippen LogP contribution in [0.3, 0.4) is 0 Å². The van der Waals surface area contributed by atoms with Crippen molar-refractivity contribution in [1.29, 1.82) is 5.26 Å². The second-order valence-electron chi connectivity index (χ2n) is 13.2. The van der Waals surface area contributed by atoms with Crippen molar-refractivity contribution in [2.75, 3.05) is 34.0 Å². The third kappa shape index (κ3) is 7.41. The van der Waals surface area contributed by atoms with Crippen molar-refractivity contribution in [2.45, 2.75) is 75.8 Å². The third-order valence-electron chi connectivity index (χ3n) is 9.36. The van der Waals surface area contributed by atoms with Crippen LogP contribution in [-0.4, -0.2) is 78.2 Å². The Morgan fingerprint density at radius 1 is 0.941 bits per heavy atom. The predicted molar refractivity (Wildman–Crippen MR) is 193 cm³/mol. The van der Waals surface area contributed by atoms with Crippen molar-refractivity contribution in [3.05, 3.63) is 114 Å². The van der Waals surface area contributed by atoms with Crippen LogP contribution in [0.15, 0.2) is 97.6 Å². The van der Waals surface area contributed by atoms with Gasteiger partial charge in [-0.2, -0.15) is 5.26 Å². The highest BCUT2D eigenvalue weighted by molar-refractivity contribution is 7.44. The number of fused-ring (bicyclic) bond motifs is 2. The number of ether oxygens (including phenoxy) is 5. The molecule has 3 heterocycles. The van der Waals surface area contributed by atoms with E-state index in [0.717, 1.165) is 28.2 Å². The summed E-state index contributed by atoms with van der Waals surface area (Å²) in [4.78, 5) is 4.29. The molecule has 3 aromatic carbocycles. The average Bonchev–Trinajstić information content (AvgIpc) is 3.88. The van der Waals surface area contributed by atoms with Crippen LogP contribution in [0.2, 0.25) is 0 Å². The Labute approximate surface area is 301 Å². The Balaban J connectivity index is 1.45. The maximum atomic E-state index is 9.33. The first-order valence-electron chi connectivity index (χ1n) is 17.3. The summed E-state index contributed by atoms with van der Waals surface area (Å²) >= 11 is 0. The first-order valence-corrected chi connectivity index (χ1v) is 18.4. The summed E-state index contributed by atoms with van der Waals surface area (Å²) < 4.78 is 49.6. The largest absolute Gasteiger partial charge is 0.497 e. The Morgan fingerprint density at radius 2 is 1.55 bits per heavy atom. The van der Waals surface area contributed by atoms with E-state index >= 15 is 0 Å². The van der Waals surface area contributed by atoms with Gasteiger partial charge in [0.05, 0.1) is 52.9 Å². The summed E-state index contributed by atoms with van der Waals surface area (Å²) in [5, 5.41) is 9.33. The molecule has 2 aliphatic heterocycles. The number of rotatable bonds is 17. The van der Waals surface area contributed by atoms with Crippen LogP contribution in [-0.2, 0) is 28.9 Å². The zero-order valence-corrected chi connectivity index (χ0v) is 30.9. The molecule has 1 aromatic heterocycles. The van der Waals surface area contributed by atoms with Gasteiger partial charge in [-0.15, -0.1) is 0 Å². The quantitative estimate of drug-likeness (QED) is 0.0631. The molecule has 0 N–H and O–H groups in total. The van der Waals surface area contributed by atoms with Crippen LogP contribution >= 0.6 is 8.53 Å². The molecule has 51 heavy (non-hydrogen) atoms. The Kier molecular flexibility index (Phi) is 11.7. The highest BCUT2D eigenvalue weighted by atomic mass is 31.2. The van der Waals surface area contributed by atoms with Gasteiger partial charge in [0, 0.05) is 24.5 Å². The Bertz CT molecular complexity index is 1660. The predicted octanol–water partition coefficient (Wildman–Crippen LogP) is 7.24. The van der Waals surface area contributed by atoms with Crippen molar-refractivity contribution in [2.24, 2.45) is 0 Å². The van der Waals surface area contributed by atoms with Crippen LogP contribution in [0, 0.1) is 11.3 Å². The third-order valence-corrected chi connectivity index (χ3v) is 11.5. The number of benzene rings is 3. The molecule has 2 saturated heterocycles. The fourth-order valence-electron chi connectivity index (χ4n) is 7.01. The molecular weight excluding hydrogens is 667 g/mol. The second kappa shape index (κ2) is 16.2. The molecule has 0 spiro atoms. The lowest BCUT2D eigenvalue weighted by molar-refractivity contribution is -0.202. The highest BCUT2D eigenvalue weighted by Crippen LogP contribution is 2.56. The fourth-order valence-corrected chi connectivity index (χ4v) is 8.82. The topological polar surface area (TPSA) is 109 Å². The monoisotopic (exact) mass is 714 g/mol. The van der Waals surface area contributed by atoms with E-state index in [0.29, 0.717) is 0 Å². The van der Waals surface area contributed by atoms with E-state index in [2.05, 4.69) is 55.6 Å². The number of nitrogens with zero attached hydrogens (tertiary/aromatic N) is 4. The van der Waals surface area contributed by atoms with E-state index in [1.165, 1.54) is 0 Å². The van der Waals surface area contributed by atoms with Gasteiger partial charge in [0.25, 0.3) is 8.53 Å². The SMILES string of the molecule is COc1ccc(C(OC[C@@]23CO[C@@H]([C@H](n4ccnc4)O2)[C@@H]3OP(OCCC#N)N(C(C)C)C(C)C)(c2ccccc2)c2ccc(OC)cc2)cc1. The summed E-state index contributed by atoms with van der Waals surface area (Å²) in [6, 6.07) is 28.5. The zero-order chi connectivity index (χ0) is 36.0. The minimum absolute atomic E-state index is 0.108. The van der Waals surface area contributed by atoms with Crippen molar-refractivity contribution in [1.82, 2.24) is 14.2 Å². The van der Waals surface area contributed by atoms with Crippen molar-refractivity contribution in [3.8, 4) is 17.6 Å². The van der Waals surface area contributed by atoms with Crippen molar-refractivity contribution >= 4 is 8.53 Å². The van der Waals surface area contributed by atoms with Gasteiger partial charge in [-0.1, -0.05) is 54.6 Å². The summed E-state index contributed by atoms with van der Waals surface area (Å²) in [6.07, 6.45) is 4.01. The fraction of sp³-hybridized carbons (Fsp3) is 0.436. The first kappa shape index (κ1) is 36.9. The van der Waals surface area contributed by atoms with Crippen LogP contribution < -0.4 is 9.47 Å². The van der Waals surface area contributed by atoms with E-state index in [4.69, 9.17) is 32.7 Å². The highest BCUT2D eigenvalue weighted by Gasteiger charge is 2.65.